The molecule has 0 spiro atoms. The zero-order valence-corrected chi connectivity index (χ0v) is 6.14. The van der Waals surface area contributed by atoms with Crippen LogP contribution in [0.3, 0.4) is 0 Å². The van der Waals surface area contributed by atoms with Gasteiger partial charge in [0, 0.05) is 0 Å². The van der Waals surface area contributed by atoms with Crippen LogP contribution in [0.4, 0.5) is 0 Å². The minimum atomic E-state index is -0.0758. The maximum atomic E-state index is 9.01. The summed E-state index contributed by atoms with van der Waals surface area (Å²) in [5, 5.41) is 9.01. The van der Waals surface area contributed by atoms with Crippen LogP contribution in [0.1, 0.15) is 39.0 Å². The average Bonchev–Trinajstić information content (AvgIpc) is 2.15. The Hall–Kier alpha value is -0.0400. The van der Waals surface area contributed by atoms with Crippen molar-refractivity contribution in [3.8, 4) is 0 Å². The quantitative estimate of drug-likeness (QED) is 0.602. The summed E-state index contributed by atoms with van der Waals surface area (Å²) in [6.45, 7) is 1.89. The van der Waals surface area contributed by atoms with Gasteiger partial charge in [0.25, 0.3) is 0 Å². The van der Waals surface area contributed by atoms with Gasteiger partial charge in [-0.25, -0.2) is 0 Å². The fourth-order valence-electron chi connectivity index (χ4n) is 1.73. The van der Waals surface area contributed by atoms with Crippen molar-refractivity contribution in [2.24, 2.45) is 5.92 Å². The topological polar surface area (TPSA) is 20.2 Å². The Balaban J connectivity index is 2.11. The van der Waals surface area contributed by atoms with Crippen molar-refractivity contribution in [1.29, 1.82) is 0 Å². The van der Waals surface area contributed by atoms with E-state index in [1.807, 2.05) is 6.92 Å². The third-order valence-electron chi connectivity index (χ3n) is 2.15. The summed E-state index contributed by atoms with van der Waals surface area (Å²) in [5.74, 6) is 0.838. The van der Waals surface area contributed by atoms with E-state index in [0.717, 1.165) is 12.3 Å². The fourth-order valence-corrected chi connectivity index (χ4v) is 1.73. The molecule has 0 saturated heterocycles. The maximum absolute atomic E-state index is 9.01. The summed E-state index contributed by atoms with van der Waals surface area (Å²) >= 11 is 0. The van der Waals surface area contributed by atoms with Gasteiger partial charge in [0.2, 0.25) is 0 Å². The number of aliphatic hydroxyl groups is 1. The first-order chi connectivity index (χ1) is 4.29. The van der Waals surface area contributed by atoms with Crippen LogP contribution < -0.4 is 0 Å². The second kappa shape index (κ2) is 3.21. The molecule has 1 fully saturated rings. The van der Waals surface area contributed by atoms with E-state index in [4.69, 9.17) is 5.11 Å². The zero-order valence-electron chi connectivity index (χ0n) is 6.14. The van der Waals surface area contributed by atoms with Gasteiger partial charge in [0.1, 0.15) is 0 Å². The van der Waals surface area contributed by atoms with Crippen LogP contribution >= 0.6 is 0 Å². The summed E-state index contributed by atoms with van der Waals surface area (Å²) in [5.41, 5.74) is 0. The van der Waals surface area contributed by atoms with E-state index in [9.17, 15) is 0 Å². The van der Waals surface area contributed by atoms with Crippen LogP contribution in [0.15, 0.2) is 0 Å². The Morgan fingerprint density at radius 3 is 2.44 bits per heavy atom. The van der Waals surface area contributed by atoms with E-state index < -0.39 is 0 Å². The molecule has 0 aromatic rings. The summed E-state index contributed by atoms with van der Waals surface area (Å²) in [4.78, 5) is 0. The highest BCUT2D eigenvalue weighted by Crippen LogP contribution is 2.28. The van der Waals surface area contributed by atoms with Crippen LogP contribution in [-0.2, 0) is 0 Å². The normalized spacial score (nSPS) is 24.7. The maximum Gasteiger partial charge on any atom is 0.0514 e. The number of aliphatic hydroxyl groups excluding tert-OH is 1. The molecule has 1 aliphatic carbocycles. The van der Waals surface area contributed by atoms with Crippen molar-refractivity contribution < 1.29 is 5.11 Å². The molecule has 0 bridgehead atoms. The monoisotopic (exact) mass is 128 g/mol. The second-order valence-corrected chi connectivity index (χ2v) is 3.24. The van der Waals surface area contributed by atoms with Gasteiger partial charge in [-0.3, -0.25) is 0 Å². The van der Waals surface area contributed by atoms with Crippen molar-refractivity contribution in [2.45, 2.75) is 45.1 Å². The van der Waals surface area contributed by atoms with Gasteiger partial charge in [-0.05, 0) is 19.3 Å². The van der Waals surface area contributed by atoms with Gasteiger partial charge < -0.3 is 5.11 Å². The van der Waals surface area contributed by atoms with Crippen molar-refractivity contribution in [3.05, 3.63) is 0 Å². The first-order valence-corrected chi connectivity index (χ1v) is 3.97. The highest BCUT2D eigenvalue weighted by Gasteiger charge is 2.15. The highest BCUT2D eigenvalue weighted by molar-refractivity contribution is 4.68. The number of hydrogen-bond donors (Lipinski definition) is 1. The molecule has 0 aromatic carbocycles. The molecule has 0 heterocycles. The molecule has 1 rings (SSSR count). The minimum absolute atomic E-state index is 0.0758. The lowest BCUT2D eigenvalue weighted by atomic mass is 10.0. The van der Waals surface area contributed by atoms with E-state index in [2.05, 4.69) is 0 Å². The molecule has 0 aromatic heterocycles. The van der Waals surface area contributed by atoms with E-state index in [0.29, 0.717) is 0 Å². The Kier molecular flexibility index (Phi) is 2.52. The second-order valence-electron chi connectivity index (χ2n) is 3.24. The molecule has 0 aliphatic heterocycles. The molecule has 1 nitrogen and oxygen atoms in total. The van der Waals surface area contributed by atoms with Crippen LogP contribution in [-0.4, -0.2) is 11.2 Å². The predicted octanol–water partition coefficient (Wildman–Crippen LogP) is 1.95. The molecule has 0 radical (unpaired) electrons. The summed E-state index contributed by atoms with van der Waals surface area (Å²) in [6.07, 6.45) is 6.43. The van der Waals surface area contributed by atoms with Crippen molar-refractivity contribution in [2.75, 3.05) is 0 Å². The highest BCUT2D eigenvalue weighted by atomic mass is 16.3. The van der Waals surface area contributed by atoms with Crippen LogP contribution in [0.5, 0.6) is 0 Å². The van der Waals surface area contributed by atoms with Gasteiger partial charge in [-0.2, -0.15) is 0 Å². The van der Waals surface area contributed by atoms with E-state index in [-0.39, 0.29) is 6.10 Å². The van der Waals surface area contributed by atoms with E-state index >= 15 is 0 Å². The molecule has 54 valence electrons. The summed E-state index contributed by atoms with van der Waals surface area (Å²) in [6, 6.07) is 0. The molecule has 1 heteroatoms. The van der Waals surface area contributed by atoms with Crippen LogP contribution in [0.25, 0.3) is 0 Å². The SMILES string of the molecule is C[C@H](O)CC1CCCC1. The van der Waals surface area contributed by atoms with E-state index in [1.165, 1.54) is 25.7 Å². The fraction of sp³-hybridized carbons (Fsp3) is 1.00. The standard InChI is InChI=1S/C8H16O/c1-7(9)6-8-4-2-3-5-8/h7-9H,2-6H2,1H3/t7-/m0/s1. The lowest BCUT2D eigenvalue weighted by Gasteiger charge is -2.09. The Morgan fingerprint density at radius 1 is 1.44 bits per heavy atom. The molecule has 0 amide bonds. The lowest BCUT2D eigenvalue weighted by Crippen LogP contribution is -2.06. The Bertz CT molecular complexity index is 72.6. The third kappa shape index (κ3) is 2.35. The minimum Gasteiger partial charge on any atom is -0.393 e. The molecule has 1 saturated carbocycles. The molecule has 0 unspecified atom stereocenters. The van der Waals surface area contributed by atoms with Gasteiger partial charge in [-0.15, -0.1) is 0 Å². The lowest BCUT2D eigenvalue weighted by molar-refractivity contribution is 0.161. The summed E-state index contributed by atoms with van der Waals surface area (Å²) < 4.78 is 0. The Labute approximate surface area is 57.1 Å². The first kappa shape index (κ1) is 7.07. The van der Waals surface area contributed by atoms with Gasteiger partial charge in [-0.1, -0.05) is 25.7 Å². The van der Waals surface area contributed by atoms with Crippen molar-refractivity contribution >= 4 is 0 Å². The van der Waals surface area contributed by atoms with Gasteiger partial charge >= 0.3 is 0 Å². The van der Waals surface area contributed by atoms with Crippen molar-refractivity contribution in [1.82, 2.24) is 0 Å². The number of hydrogen-bond acceptors (Lipinski definition) is 1. The molecule has 1 N–H and O–H groups in total. The van der Waals surface area contributed by atoms with Crippen LogP contribution in [0, 0.1) is 5.92 Å². The van der Waals surface area contributed by atoms with Crippen molar-refractivity contribution in [3.63, 3.8) is 0 Å². The Morgan fingerprint density at radius 2 is 2.00 bits per heavy atom. The average molecular weight is 128 g/mol. The molecule has 1 atom stereocenters. The largest absolute Gasteiger partial charge is 0.393 e. The number of rotatable bonds is 2. The zero-order chi connectivity index (χ0) is 6.69. The first-order valence-electron chi connectivity index (χ1n) is 3.97. The van der Waals surface area contributed by atoms with Crippen LogP contribution in [0.2, 0.25) is 0 Å². The predicted molar refractivity (Wildman–Crippen MR) is 38.3 cm³/mol. The molecular formula is C8H16O. The molecule has 9 heavy (non-hydrogen) atoms. The smallest absolute Gasteiger partial charge is 0.0514 e. The molecule has 1 aliphatic rings. The van der Waals surface area contributed by atoms with E-state index in [1.54, 1.807) is 0 Å². The summed E-state index contributed by atoms with van der Waals surface area (Å²) in [7, 11) is 0. The van der Waals surface area contributed by atoms with Gasteiger partial charge in [0.05, 0.1) is 6.10 Å². The molecular weight excluding hydrogens is 112 g/mol. The third-order valence-corrected chi connectivity index (χ3v) is 2.15. The van der Waals surface area contributed by atoms with Gasteiger partial charge in [0.15, 0.2) is 0 Å².